The molecular formula is C25H32N2O4. The van der Waals surface area contributed by atoms with Crippen molar-refractivity contribution in [3.05, 3.63) is 72.3 Å². The van der Waals surface area contributed by atoms with Gasteiger partial charge in [-0.25, -0.2) is 0 Å². The van der Waals surface area contributed by atoms with Gasteiger partial charge in [-0.2, -0.15) is 0 Å². The van der Waals surface area contributed by atoms with Crippen LogP contribution in [0.15, 0.2) is 61.2 Å². The molecule has 1 unspecified atom stereocenters. The molecule has 166 valence electrons. The van der Waals surface area contributed by atoms with Crippen molar-refractivity contribution >= 4 is 11.8 Å². The first-order chi connectivity index (χ1) is 14.7. The smallest absolute Gasteiger partial charge is 0.248 e. The van der Waals surface area contributed by atoms with Crippen LogP contribution in [0.3, 0.4) is 0 Å². The topological polar surface area (TPSA) is 67.9 Å². The molecule has 2 amide bonds. The summed E-state index contributed by atoms with van der Waals surface area (Å²) in [6, 6.07) is 13.8. The number of rotatable bonds is 9. The van der Waals surface area contributed by atoms with Crippen molar-refractivity contribution in [2.45, 2.75) is 38.8 Å². The molecule has 0 heterocycles. The zero-order chi connectivity index (χ0) is 23.0. The highest BCUT2D eigenvalue weighted by Crippen LogP contribution is 2.37. The summed E-state index contributed by atoms with van der Waals surface area (Å²) in [5.41, 5.74) is 0.935. The summed E-state index contributed by atoms with van der Waals surface area (Å²) < 4.78 is 11.0. The number of amides is 2. The number of carbonyl (C=O) groups is 2. The van der Waals surface area contributed by atoms with E-state index in [-0.39, 0.29) is 24.8 Å². The second kappa shape index (κ2) is 10.7. The van der Waals surface area contributed by atoms with Crippen LogP contribution in [0, 0.1) is 0 Å². The zero-order valence-corrected chi connectivity index (χ0v) is 19.0. The number of hydrogen-bond acceptors (Lipinski definition) is 4. The summed E-state index contributed by atoms with van der Waals surface area (Å²) in [5, 5.41) is 3.00. The molecule has 6 heteroatoms. The van der Waals surface area contributed by atoms with Crippen molar-refractivity contribution in [2.24, 2.45) is 0 Å². The summed E-state index contributed by atoms with van der Waals surface area (Å²) in [7, 11) is 3.05. The molecule has 0 spiro atoms. The quantitative estimate of drug-likeness (QED) is 0.620. The molecule has 0 aliphatic rings. The Bertz CT molecular complexity index is 903. The summed E-state index contributed by atoms with van der Waals surface area (Å²) in [5.74, 6) is 0.413. The van der Waals surface area contributed by atoms with E-state index in [2.05, 4.69) is 11.9 Å². The first kappa shape index (κ1) is 24.0. The summed E-state index contributed by atoms with van der Waals surface area (Å²) >= 11 is 0. The molecule has 2 aromatic carbocycles. The number of para-hydroxylation sites is 1. The number of hydrogen-bond donors (Lipinski definition) is 1. The number of carbonyl (C=O) groups excluding carboxylic acids is 2. The van der Waals surface area contributed by atoms with E-state index in [1.165, 1.54) is 19.1 Å². The fraction of sp³-hybridized carbons (Fsp3) is 0.360. The average molecular weight is 425 g/mol. The molecule has 0 radical (unpaired) electrons. The second-order valence-corrected chi connectivity index (χ2v) is 8.22. The van der Waals surface area contributed by atoms with Crippen LogP contribution >= 0.6 is 0 Å². The number of benzene rings is 2. The molecule has 1 atom stereocenters. The van der Waals surface area contributed by atoms with Crippen molar-refractivity contribution < 1.29 is 19.1 Å². The minimum absolute atomic E-state index is 0.167. The lowest BCUT2D eigenvalue weighted by atomic mass is 9.99. The maximum atomic E-state index is 13.5. The third kappa shape index (κ3) is 6.35. The predicted octanol–water partition coefficient (Wildman–Crippen LogP) is 3.92. The van der Waals surface area contributed by atoms with E-state index in [0.717, 1.165) is 5.56 Å². The summed E-state index contributed by atoms with van der Waals surface area (Å²) in [4.78, 5) is 28.4. The van der Waals surface area contributed by atoms with Gasteiger partial charge in [0.2, 0.25) is 11.8 Å². The monoisotopic (exact) mass is 424 g/mol. The van der Waals surface area contributed by atoms with Gasteiger partial charge in [0.05, 0.1) is 20.6 Å². The van der Waals surface area contributed by atoms with Gasteiger partial charge in [-0.15, -0.1) is 6.58 Å². The van der Waals surface area contributed by atoms with Crippen LogP contribution in [-0.2, 0) is 16.0 Å². The highest BCUT2D eigenvalue weighted by molar-refractivity contribution is 5.90. The van der Waals surface area contributed by atoms with Gasteiger partial charge < -0.3 is 19.7 Å². The Hall–Kier alpha value is -3.28. The molecule has 31 heavy (non-hydrogen) atoms. The highest BCUT2D eigenvalue weighted by atomic mass is 16.5. The van der Waals surface area contributed by atoms with Crippen molar-refractivity contribution in [2.75, 3.05) is 20.8 Å². The van der Waals surface area contributed by atoms with Gasteiger partial charge in [0, 0.05) is 17.6 Å². The average Bonchev–Trinajstić information content (AvgIpc) is 2.72. The van der Waals surface area contributed by atoms with E-state index in [0.29, 0.717) is 17.1 Å². The SMILES string of the molecule is C=CCN(C(=O)Cc1ccccc1)C(C(=O)NC(C)(C)C)c1cccc(OC)c1OC. The van der Waals surface area contributed by atoms with Gasteiger partial charge in [0.25, 0.3) is 0 Å². The third-order valence-corrected chi connectivity index (χ3v) is 4.63. The van der Waals surface area contributed by atoms with Crippen LogP contribution in [-0.4, -0.2) is 43.0 Å². The molecule has 0 aliphatic heterocycles. The molecule has 2 aromatic rings. The van der Waals surface area contributed by atoms with Crippen LogP contribution in [0.1, 0.15) is 37.9 Å². The highest BCUT2D eigenvalue weighted by Gasteiger charge is 2.35. The van der Waals surface area contributed by atoms with Crippen LogP contribution in [0.2, 0.25) is 0 Å². The molecule has 2 rings (SSSR count). The number of ether oxygens (including phenoxy) is 2. The van der Waals surface area contributed by atoms with Gasteiger partial charge in [0.1, 0.15) is 6.04 Å². The molecule has 0 bridgehead atoms. The van der Waals surface area contributed by atoms with Crippen LogP contribution in [0.4, 0.5) is 0 Å². The number of nitrogens with zero attached hydrogens (tertiary/aromatic N) is 1. The minimum Gasteiger partial charge on any atom is -0.493 e. The van der Waals surface area contributed by atoms with Crippen molar-refractivity contribution in [3.63, 3.8) is 0 Å². The third-order valence-electron chi connectivity index (χ3n) is 4.63. The summed E-state index contributed by atoms with van der Waals surface area (Å²) in [6.07, 6.45) is 1.78. The Morgan fingerprint density at radius 3 is 2.29 bits per heavy atom. The van der Waals surface area contributed by atoms with Gasteiger partial charge in [-0.1, -0.05) is 48.5 Å². The van der Waals surface area contributed by atoms with E-state index in [1.807, 2.05) is 51.1 Å². The van der Waals surface area contributed by atoms with Crippen LogP contribution in [0.5, 0.6) is 11.5 Å². The zero-order valence-electron chi connectivity index (χ0n) is 19.0. The van der Waals surface area contributed by atoms with Crippen LogP contribution < -0.4 is 14.8 Å². The fourth-order valence-electron chi connectivity index (χ4n) is 3.38. The molecule has 1 N–H and O–H groups in total. The van der Waals surface area contributed by atoms with E-state index >= 15 is 0 Å². The minimum atomic E-state index is -0.918. The Balaban J connectivity index is 2.57. The Labute approximate surface area is 184 Å². The van der Waals surface area contributed by atoms with Gasteiger partial charge in [0.15, 0.2) is 11.5 Å². The van der Waals surface area contributed by atoms with Crippen molar-refractivity contribution in [1.29, 1.82) is 0 Å². The molecule has 0 fully saturated rings. The number of methoxy groups -OCH3 is 2. The number of nitrogens with one attached hydrogen (secondary N) is 1. The van der Waals surface area contributed by atoms with E-state index < -0.39 is 11.6 Å². The molecular weight excluding hydrogens is 392 g/mol. The van der Waals surface area contributed by atoms with Crippen LogP contribution in [0.25, 0.3) is 0 Å². The summed E-state index contributed by atoms with van der Waals surface area (Å²) in [6.45, 7) is 9.69. The maximum absolute atomic E-state index is 13.5. The van der Waals surface area contributed by atoms with Crippen molar-refractivity contribution in [1.82, 2.24) is 10.2 Å². The maximum Gasteiger partial charge on any atom is 0.248 e. The predicted molar refractivity (Wildman–Crippen MR) is 122 cm³/mol. The van der Waals surface area contributed by atoms with Gasteiger partial charge in [-0.05, 0) is 32.4 Å². The first-order valence-corrected chi connectivity index (χ1v) is 10.2. The largest absolute Gasteiger partial charge is 0.493 e. The second-order valence-electron chi connectivity index (χ2n) is 8.22. The lowest BCUT2D eigenvalue weighted by Crippen LogP contribution is -2.49. The lowest BCUT2D eigenvalue weighted by molar-refractivity contribution is -0.140. The van der Waals surface area contributed by atoms with Gasteiger partial charge in [-0.3, -0.25) is 9.59 Å². The fourth-order valence-corrected chi connectivity index (χ4v) is 3.38. The molecule has 0 saturated heterocycles. The van der Waals surface area contributed by atoms with E-state index in [1.54, 1.807) is 24.3 Å². The Morgan fingerprint density at radius 2 is 1.74 bits per heavy atom. The molecule has 6 nitrogen and oxygen atoms in total. The molecule has 0 saturated carbocycles. The Morgan fingerprint density at radius 1 is 1.06 bits per heavy atom. The van der Waals surface area contributed by atoms with Gasteiger partial charge >= 0.3 is 0 Å². The standard InChI is InChI=1S/C25H32N2O4/c1-7-16-27(21(28)17-18-12-9-8-10-13-18)22(24(29)26-25(2,3)4)19-14-11-15-20(30-5)23(19)31-6/h7-15,22H,1,16-17H2,2-6H3,(H,26,29). The van der Waals surface area contributed by atoms with E-state index in [4.69, 9.17) is 9.47 Å². The van der Waals surface area contributed by atoms with Crippen molar-refractivity contribution in [3.8, 4) is 11.5 Å². The van der Waals surface area contributed by atoms with E-state index in [9.17, 15) is 9.59 Å². The lowest BCUT2D eigenvalue weighted by Gasteiger charge is -2.34. The Kier molecular flexibility index (Phi) is 8.25. The normalized spacial score (nSPS) is 11.9. The molecule has 0 aliphatic carbocycles. The first-order valence-electron chi connectivity index (χ1n) is 10.2. The molecule has 0 aromatic heterocycles.